The van der Waals surface area contributed by atoms with Crippen LogP contribution in [0.4, 0.5) is 0 Å². The molecule has 0 amide bonds. The van der Waals surface area contributed by atoms with Gasteiger partial charge in [0, 0.05) is 6.61 Å². The third kappa shape index (κ3) is 3.88. The number of benzene rings is 2. The molecule has 0 aliphatic heterocycles. The summed E-state index contributed by atoms with van der Waals surface area (Å²) in [6.07, 6.45) is 0.513. The maximum absolute atomic E-state index is 9.26. The topological polar surface area (TPSA) is 57.2 Å². The third-order valence-electron chi connectivity index (χ3n) is 4.02. The smallest absolute Gasteiger partial charge is 0.203 e. The van der Waals surface area contributed by atoms with Crippen LogP contribution in [0.2, 0.25) is 0 Å². The van der Waals surface area contributed by atoms with Crippen molar-refractivity contribution in [3.05, 3.63) is 53.6 Å². The van der Waals surface area contributed by atoms with E-state index in [9.17, 15) is 5.11 Å². The van der Waals surface area contributed by atoms with E-state index >= 15 is 0 Å². The Bertz CT molecular complexity index is 727. The normalized spacial score (nSPS) is 10.3. The van der Waals surface area contributed by atoms with Crippen molar-refractivity contribution in [1.29, 1.82) is 0 Å². The number of methoxy groups -OCH3 is 4. The average molecular weight is 344 g/mol. The lowest BCUT2D eigenvalue weighted by molar-refractivity contribution is 0.296. The highest BCUT2D eigenvalue weighted by Crippen LogP contribution is 2.41. The van der Waals surface area contributed by atoms with E-state index in [4.69, 9.17) is 18.9 Å². The van der Waals surface area contributed by atoms with Crippen LogP contribution >= 0.6 is 0 Å². The molecule has 0 aliphatic rings. The fraction of sp³-hybridized carbons (Fsp3) is 0.300. The van der Waals surface area contributed by atoms with Gasteiger partial charge in [-0.2, -0.15) is 0 Å². The summed E-state index contributed by atoms with van der Waals surface area (Å²) >= 11 is 0. The van der Waals surface area contributed by atoms with Crippen molar-refractivity contribution in [2.75, 3.05) is 35.0 Å². The second-order valence-electron chi connectivity index (χ2n) is 5.39. The van der Waals surface area contributed by atoms with E-state index in [1.165, 1.54) is 0 Å². The zero-order valence-electron chi connectivity index (χ0n) is 15.1. The summed E-state index contributed by atoms with van der Waals surface area (Å²) in [6.45, 7) is 4.26. The minimum Gasteiger partial charge on any atom is -0.496 e. The third-order valence-corrected chi connectivity index (χ3v) is 4.02. The second-order valence-corrected chi connectivity index (χ2v) is 5.39. The Morgan fingerprint density at radius 3 is 1.92 bits per heavy atom. The van der Waals surface area contributed by atoms with Crippen molar-refractivity contribution < 1.29 is 24.1 Å². The monoisotopic (exact) mass is 344 g/mol. The minimum atomic E-state index is 0.0521. The summed E-state index contributed by atoms with van der Waals surface area (Å²) in [7, 11) is 6.34. The molecule has 0 saturated carbocycles. The summed E-state index contributed by atoms with van der Waals surface area (Å²) < 4.78 is 21.5. The lowest BCUT2D eigenvalue weighted by atomic mass is 9.96. The highest BCUT2D eigenvalue weighted by atomic mass is 16.5. The summed E-state index contributed by atoms with van der Waals surface area (Å²) in [5, 5.41) is 9.26. The van der Waals surface area contributed by atoms with Gasteiger partial charge in [-0.1, -0.05) is 12.6 Å². The van der Waals surface area contributed by atoms with Crippen LogP contribution in [0.25, 0.3) is 5.57 Å². The van der Waals surface area contributed by atoms with Crippen molar-refractivity contribution in [2.24, 2.45) is 0 Å². The molecule has 2 rings (SSSR count). The van der Waals surface area contributed by atoms with E-state index in [1.807, 2.05) is 30.3 Å². The number of ether oxygens (including phenoxy) is 4. The molecule has 0 fully saturated rings. The van der Waals surface area contributed by atoms with E-state index in [1.54, 1.807) is 28.4 Å². The van der Waals surface area contributed by atoms with Gasteiger partial charge in [-0.25, -0.2) is 0 Å². The van der Waals surface area contributed by atoms with Crippen molar-refractivity contribution in [3.63, 3.8) is 0 Å². The Labute approximate surface area is 148 Å². The van der Waals surface area contributed by atoms with Crippen molar-refractivity contribution in [2.45, 2.75) is 6.42 Å². The Morgan fingerprint density at radius 2 is 1.44 bits per heavy atom. The lowest BCUT2D eigenvalue weighted by Gasteiger charge is -2.16. The van der Waals surface area contributed by atoms with E-state index in [-0.39, 0.29) is 6.61 Å². The number of aliphatic hydroxyl groups excluding tert-OH is 1. The predicted molar refractivity (Wildman–Crippen MR) is 98.0 cm³/mol. The van der Waals surface area contributed by atoms with Crippen LogP contribution < -0.4 is 18.9 Å². The van der Waals surface area contributed by atoms with Gasteiger partial charge in [0.05, 0.1) is 28.4 Å². The Hall–Kier alpha value is -2.66. The van der Waals surface area contributed by atoms with Crippen molar-refractivity contribution >= 4 is 5.57 Å². The van der Waals surface area contributed by atoms with Gasteiger partial charge in [-0.05, 0) is 52.9 Å². The Kier molecular flexibility index (Phi) is 6.31. The van der Waals surface area contributed by atoms with Gasteiger partial charge in [0.25, 0.3) is 0 Å². The molecule has 25 heavy (non-hydrogen) atoms. The number of hydrogen-bond donors (Lipinski definition) is 1. The fourth-order valence-corrected chi connectivity index (χ4v) is 2.70. The van der Waals surface area contributed by atoms with Gasteiger partial charge in [0.2, 0.25) is 5.75 Å². The van der Waals surface area contributed by atoms with Crippen LogP contribution in [-0.2, 0) is 6.42 Å². The van der Waals surface area contributed by atoms with Crippen LogP contribution in [0.3, 0.4) is 0 Å². The average Bonchev–Trinajstić information content (AvgIpc) is 2.66. The first-order valence-corrected chi connectivity index (χ1v) is 7.87. The van der Waals surface area contributed by atoms with Gasteiger partial charge in [0.1, 0.15) is 5.75 Å². The lowest BCUT2D eigenvalue weighted by Crippen LogP contribution is -1.99. The molecule has 1 N–H and O–H groups in total. The SMILES string of the molecule is C=C(c1ccc(OC)c(CCO)c1)c1cc(OC)c(OC)c(OC)c1. The van der Waals surface area contributed by atoms with Crippen LogP contribution in [-0.4, -0.2) is 40.2 Å². The number of rotatable bonds is 8. The number of aliphatic hydroxyl groups is 1. The van der Waals surface area contributed by atoms with Crippen LogP contribution in [0.15, 0.2) is 36.9 Å². The van der Waals surface area contributed by atoms with E-state index in [0.717, 1.165) is 28.0 Å². The van der Waals surface area contributed by atoms with Crippen LogP contribution in [0.5, 0.6) is 23.0 Å². The molecule has 134 valence electrons. The summed E-state index contributed by atoms with van der Waals surface area (Å²) in [5.41, 5.74) is 3.52. The molecule has 0 aliphatic carbocycles. The molecule has 2 aromatic carbocycles. The molecule has 5 heteroatoms. The molecular weight excluding hydrogens is 320 g/mol. The quantitative estimate of drug-likeness (QED) is 0.796. The molecule has 2 aromatic rings. The number of hydrogen-bond acceptors (Lipinski definition) is 5. The first-order valence-electron chi connectivity index (χ1n) is 7.87. The molecule has 0 aromatic heterocycles. The van der Waals surface area contributed by atoms with E-state index < -0.39 is 0 Å². The maximum Gasteiger partial charge on any atom is 0.203 e. The van der Waals surface area contributed by atoms with E-state index in [2.05, 4.69) is 6.58 Å². The van der Waals surface area contributed by atoms with Crippen molar-refractivity contribution in [1.82, 2.24) is 0 Å². The molecular formula is C20H24O5. The summed E-state index contributed by atoms with van der Waals surface area (Å²) in [4.78, 5) is 0. The largest absolute Gasteiger partial charge is 0.496 e. The summed E-state index contributed by atoms with van der Waals surface area (Å²) in [5.74, 6) is 2.43. The highest BCUT2D eigenvalue weighted by molar-refractivity contribution is 5.81. The Morgan fingerprint density at radius 1 is 0.840 bits per heavy atom. The van der Waals surface area contributed by atoms with E-state index in [0.29, 0.717) is 23.7 Å². The zero-order valence-corrected chi connectivity index (χ0v) is 15.1. The molecule has 0 spiro atoms. The second kappa shape index (κ2) is 8.44. The van der Waals surface area contributed by atoms with Gasteiger partial charge in [-0.3, -0.25) is 0 Å². The molecule has 0 heterocycles. The van der Waals surface area contributed by atoms with Crippen LogP contribution in [0, 0.1) is 0 Å². The zero-order chi connectivity index (χ0) is 18.4. The van der Waals surface area contributed by atoms with Gasteiger partial charge in [0.15, 0.2) is 11.5 Å². The van der Waals surface area contributed by atoms with Gasteiger partial charge >= 0.3 is 0 Å². The highest BCUT2D eigenvalue weighted by Gasteiger charge is 2.16. The molecule has 0 radical (unpaired) electrons. The standard InChI is InChI=1S/C20H24O5/c1-13(14-6-7-17(22-2)15(10-14)8-9-21)16-11-18(23-3)20(25-5)19(12-16)24-4/h6-7,10-12,21H,1,8-9H2,2-5H3. The maximum atomic E-state index is 9.26. The summed E-state index contributed by atoms with van der Waals surface area (Å²) in [6, 6.07) is 9.51. The molecule has 0 unspecified atom stereocenters. The molecule has 0 atom stereocenters. The molecule has 5 nitrogen and oxygen atoms in total. The minimum absolute atomic E-state index is 0.0521. The molecule has 0 bridgehead atoms. The Balaban J connectivity index is 2.48. The fourth-order valence-electron chi connectivity index (χ4n) is 2.70. The van der Waals surface area contributed by atoms with Crippen LogP contribution in [0.1, 0.15) is 16.7 Å². The molecule has 0 saturated heterocycles. The van der Waals surface area contributed by atoms with Crippen molar-refractivity contribution in [3.8, 4) is 23.0 Å². The first-order chi connectivity index (χ1) is 12.1. The first kappa shape index (κ1) is 18.7. The van der Waals surface area contributed by atoms with Gasteiger partial charge in [-0.15, -0.1) is 0 Å². The predicted octanol–water partition coefficient (Wildman–Crippen LogP) is 3.32. The van der Waals surface area contributed by atoms with Gasteiger partial charge < -0.3 is 24.1 Å².